The van der Waals surface area contributed by atoms with Crippen molar-refractivity contribution in [3.05, 3.63) is 18.1 Å². The molecular weight excluding hydrogens is 288 g/mol. The molecule has 1 amide bonds. The molecule has 5 nitrogen and oxygen atoms in total. The van der Waals surface area contributed by atoms with Crippen LogP contribution in [0.1, 0.15) is 44.3 Å². The largest absolute Gasteiger partial charge is 0.356 e. The van der Waals surface area contributed by atoms with Gasteiger partial charge in [-0.3, -0.25) is 4.79 Å². The third kappa shape index (κ3) is 3.19. The number of likely N-dealkylation sites (tertiary alicyclic amines) is 1. The number of nitrogens with zero attached hydrogens (tertiary/aromatic N) is 4. The van der Waals surface area contributed by atoms with Crippen LogP contribution in [-0.4, -0.2) is 47.0 Å². The molecule has 1 aromatic heterocycles. The molecule has 2 saturated heterocycles. The molecule has 0 radical (unpaired) electrons. The molecule has 23 heavy (non-hydrogen) atoms. The second kappa shape index (κ2) is 5.77. The van der Waals surface area contributed by atoms with Gasteiger partial charge in [-0.2, -0.15) is 0 Å². The van der Waals surface area contributed by atoms with E-state index < -0.39 is 0 Å². The fourth-order valence-electron chi connectivity index (χ4n) is 4.12. The Labute approximate surface area is 138 Å². The van der Waals surface area contributed by atoms with Crippen molar-refractivity contribution >= 4 is 11.7 Å². The van der Waals surface area contributed by atoms with Gasteiger partial charge in [0.05, 0.1) is 0 Å². The molecule has 1 spiro atoms. The summed E-state index contributed by atoms with van der Waals surface area (Å²) in [5, 5.41) is 0. The lowest BCUT2D eigenvalue weighted by Gasteiger charge is -2.47. The van der Waals surface area contributed by atoms with Crippen molar-refractivity contribution < 1.29 is 4.79 Å². The summed E-state index contributed by atoms with van der Waals surface area (Å²) in [5.41, 5.74) is 0.349. The van der Waals surface area contributed by atoms with Crippen molar-refractivity contribution in [3.63, 3.8) is 0 Å². The van der Waals surface area contributed by atoms with Crippen LogP contribution in [-0.2, 0) is 4.79 Å². The van der Waals surface area contributed by atoms with E-state index in [0.717, 1.165) is 56.6 Å². The number of hydrogen-bond donors (Lipinski definition) is 0. The fraction of sp³-hybridized carbons (Fsp3) is 0.722. The molecule has 1 aromatic rings. The van der Waals surface area contributed by atoms with E-state index in [4.69, 9.17) is 0 Å². The molecule has 3 fully saturated rings. The quantitative estimate of drug-likeness (QED) is 0.859. The van der Waals surface area contributed by atoms with Gasteiger partial charge in [0.15, 0.2) is 0 Å². The minimum absolute atomic E-state index is 0.349. The van der Waals surface area contributed by atoms with E-state index in [0.29, 0.717) is 11.3 Å². The van der Waals surface area contributed by atoms with Gasteiger partial charge < -0.3 is 9.80 Å². The van der Waals surface area contributed by atoms with Gasteiger partial charge in [0.2, 0.25) is 5.91 Å². The Morgan fingerprint density at radius 2 is 2.04 bits per heavy atom. The Balaban J connectivity index is 1.40. The number of piperidine rings is 2. The average Bonchev–Trinajstić information content (AvgIpc) is 3.36. The molecule has 1 saturated carbocycles. The minimum atomic E-state index is 0.349. The van der Waals surface area contributed by atoms with Crippen molar-refractivity contribution in [2.24, 2.45) is 11.3 Å². The lowest BCUT2D eigenvalue weighted by Crippen LogP contribution is -2.52. The first-order valence-electron chi connectivity index (χ1n) is 8.96. The van der Waals surface area contributed by atoms with Gasteiger partial charge in [-0.25, -0.2) is 9.97 Å². The van der Waals surface area contributed by atoms with Crippen molar-refractivity contribution in [2.45, 2.75) is 45.4 Å². The van der Waals surface area contributed by atoms with Crippen LogP contribution in [0.2, 0.25) is 0 Å². The van der Waals surface area contributed by atoms with E-state index in [-0.39, 0.29) is 0 Å². The Morgan fingerprint density at radius 3 is 2.74 bits per heavy atom. The van der Waals surface area contributed by atoms with Crippen molar-refractivity contribution in [2.75, 3.05) is 31.1 Å². The molecule has 0 N–H and O–H groups in total. The molecule has 4 rings (SSSR count). The highest BCUT2D eigenvalue weighted by atomic mass is 16.2. The van der Waals surface area contributed by atoms with Crippen LogP contribution in [0.4, 0.5) is 5.82 Å². The van der Waals surface area contributed by atoms with Crippen molar-refractivity contribution in [1.29, 1.82) is 0 Å². The monoisotopic (exact) mass is 314 g/mol. The number of rotatable bonds is 3. The van der Waals surface area contributed by atoms with Crippen LogP contribution in [0.5, 0.6) is 0 Å². The summed E-state index contributed by atoms with van der Waals surface area (Å²) in [6, 6.07) is 2.01. The summed E-state index contributed by atoms with van der Waals surface area (Å²) in [4.78, 5) is 25.5. The van der Waals surface area contributed by atoms with E-state index in [1.807, 2.05) is 19.2 Å². The van der Waals surface area contributed by atoms with Crippen LogP contribution in [0.25, 0.3) is 0 Å². The fourth-order valence-corrected chi connectivity index (χ4v) is 4.12. The molecule has 0 atom stereocenters. The zero-order valence-corrected chi connectivity index (χ0v) is 14.0. The Hall–Kier alpha value is -1.65. The third-order valence-electron chi connectivity index (χ3n) is 5.83. The molecule has 2 aliphatic heterocycles. The van der Waals surface area contributed by atoms with Crippen LogP contribution in [0, 0.1) is 18.3 Å². The van der Waals surface area contributed by atoms with Crippen LogP contribution in [0.3, 0.4) is 0 Å². The highest BCUT2D eigenvalue weighted by molar-refractivity contribution is 5.77. The van der Waals surface area contributed by atoms with Crippen molar-refractivity contribution in [3.8, 4) is 0 Å². The third-order valence-corrected chi connectivity index (χ3v) is 5.83. The van der Waals surface area contributed by atoms with E-state index >= 15 is 0 Å². The number of hydrogen-bond acceptors (Lipinski definition) is 4. The number of aryl methyl sites for hydroxylation is 1. The van der Waals surface area contributed by atoms with Crippen LogP contribution < -0.4 is 4.90 Å². The first-order valence-corrected chi connectivity index (χ1v) is 8.96. The minimum Gasteiger partial charge on any atom is -0.356 e. The molecule has 5 heteroatoms. The predicted molar refractivity (Wildman–Crippen MR) is 89.2 cm³/mol. The summed E-state index contributed by atoms with van der Waals surface area (Å²) >= 11 is 0. The zero-order valence-electron chi connectivity index (χ0n) is 14.0. The lowest BCUT2D eigenvalue weighted by atomic mass is 9.72. The van der Waals surface area contributed by atoms with Crippen LogP contribution in [0.15, 0.2) is 12.3 Å². The number of amides is 1. The summed E-state index contributed by atoms with van der Waals surface area (Å²) in [6.07, 6.45) is 8.64. The molecule has 3 aliphatic rings. The molecule has 0 unspecified atom stereocenters. The van der Waals surface area contributed by atoms with Gasteiger partial charge >= 0.3 is 0 Å². The summed E-state index contributed by atoms with van der Waals surface area (Å²) in [5.74, 6) is 3.06. The standard InChI is InChI=1S/C18H26N4O/c1-14-19-9-5-16(20-14)21-10-7-18(8-11-21)6-4-17(23)22(13-18)12-15-2-3-15/h5,9,15H,2-4,6-8,10-13H2,1H3. The number of anilines is 1. The Bertz CT molecular complexity index is 590. The maximum absolute atomic E-state index is 12.2. The summed E-state index contributed by atoms with van der Waals surface area (Å²) < 4.78 is 0. The van der Waals surface area contributed by atoms with E-state index in [9.17, 15) is 4.79 Å². The smallest absolute Gasteiger partial charge is 0.222 e. The topological polar surface area (TPSA) is 49.3 Å². The number of aromatic nitrogens is 2. The average molecular weight is 314 g/mol. The lowest BCUT2D eigenvalue weighted by molar-refractivity contribution is -0.138. The van der Waals surface area contributed by atoms with Gasteiger partial charge in [0.25, 0.3) is 0 Å². The van der Waals surface area contributed by atoms with Gasteiger partial charge in [0, 0.05) is 38.8 Å². The summed E-state index contributed by atoms with van der Waals surface area (Å²) in [6.45, 7) is 6.02. The summed E-state index contributed by atoms with van der Waals surface area (Å²) in [7, 11) is 0. The Kier molecular flexibility index (Phi) is 3.74. The molecule has 0 bridgehead atoms. The van der Waals surface area contributed by atoms with Gasteiger partial charge in [-0.1, -0.05) is 0 Å². The van der Waals surface area contributed by atoms with Gasteiger partial charge in [0.1, 0.15) is 11.6 Å². The predicted octanol–water partition coefficient (Wildman–Crippen LogP) is 2.40. The first-order chi connectivity index (χ1) is 11.1. The highest BCUT2D eigenvalue weighted by Gasteiger charge is 2.42. The molecule has 0 aromatic carbocycles. The van der Waals surface area contributed by atoms with E-state index in [2.05, 4.69) is 19.8 Å². The first kappa shape index (κ1) is 14.9. The number of carbonyl (C=O) groups is 1. The second-order valence-electron chi connectivity index (χ2n) is 7.67. The molecule has 3 heterocycles. The van der Waals surface area contributed by atoms with Gasteiger partial charge in [-0.15, -0.1) is 0 Å². The molecule has 124 valence electrons. The second-order valence-corrected chi connectivity index (χ2v) is 7.67. The van der Waals surface area contributed by atoms with Gasteiger partial charge in [-0.05, 0) is 56.4 Å². The maximum Gasteiger partial charge on any atom is 0.222 e. The van der Waals surface area contributed by atoms with Crippen LogP contribution >= 0.6 is 0 Å². The van der Waals surface area contributed by atoms with E-state index in [1.54, 1.807) is 0 Å². The SMILES string of the molecule is Cc1nccc(N2CCC3(CCC(=O)N(CC4CC4)C3)CC2)n1. The maximum atomic E-state index is 12.2. The number of carbonyl (C=O) groups excluding carboxylic acids is 1. The van der Waals surface area contributed by atoms with Crippen molar-refractivity contribution in [1.82, 2.24) is 14.9 Å². The Morgan fingerprint density at radius 1 is 1.26 bits per heavy atom. The van der Waals surface area contributed by atoms with E-state index in [1.165, 1.54) is 25.7 Å². The molecular formula is C18H26N4O. The molecule has 1 aliphatic carbocycles. The zero-order chi connectivity index (χ0) is 15.9. The normalized spacial score (nSPS) is 24.3. The highest BCUT2D eigenvalue weighted by Crippen LogP contribution is 2.42.